The zero-order valence-electron chi connectivity index (χ0n) is 15.1. The molecule has 1 N–H and O–H groups in total. The van der Waals surface area contributed by atoms with Gasteiger partial charge in [0, 0.05) is 34.9 Å². The number of ketones is 1. The van der Waals surface area contributed by atoms with Gasteiger partial charge in [-0.25, -0.2) is 0 Å². The first-order valence-electron chi connectivity index (χ1n) is 8.51. The molecule has 0 aliphatic heterocycles. The van der Waals surface area contributed by atoms with E-state index in [9.17, 15) is 4.79 Å². The number of nitrogens with zero attached hydrogens (tertiary/aromatic N) is 3. The fraction of sp³-hybridized carbons (Fsp3) is 0.389. The van der Waals surface area contributed by atoms with Crippen LogP contribution in [0.15, 0.2) is 27.9 Å². The van der Waals surface area contributed by atoms with Crippen molar-refractivity contribution in [2.75, 3.05) is 17.6 Å². The fourth-order valence-corrected chi connectivity index (χ4v) is 5.20. The summed E-state index contributed by atoms with van der Waals surface area (Å²) in [6.07, 6.45) is 0.994. The second-order valence-electron chi connectivity index (χ2n) is 5.88. The molecule has 0 bridgehead atoms. The van der Waals surface area contributed by atoms with E-state index in [0.29, 0.717) is 5.75 Å². The first kappa shape index (κ1) is 19.1. The van der Waals surface area contributed by atoms with Crippen molar-refractivity contribution in [3.05, 3.63) is 45.4 Å². The topological polar surface area (TPSA) is 59.8 Å². The van der Waals surface area contributed by atoms with Crippen molar-refractivity contribution in [3.8, 4) is 0 Å². The summed E-state index contributed by atoms with van der Waals surface area (Å²) in [5, 5.41) is 14.2. The predicted octanol–water partition coefficient (Wildman–Crippen LogP) is 4.67. The Morgan fingerprint density at radius 2 is 2.19 bits per heavy atom. The molecular weight excluding hydrogens is 384 g/mol. The van der Waals surface area contributed by atoms with Crippen molar-refractivity contribution in [3.63, 3.8) is 0 Å². The Bertz CT molecular complexity index is 867. The third kappa shape index (κ3) is 4.55. The van der Waals surface area contributed by atoms with Gasteiger partial charge in [-0.3, -0.25) is 4.79 Å². The summed E-state index contributed by atoms with van der Waals surface area (Å²) in [6, 6.07) is 6.25. The van der Waals surface area contributed by atoms with Gasteiger partial charge < -0.3 is 9.88 Å². The second-order valence-corrected chi connectivity index (χ2v) is 9.11. The number of aromatic nitrogens is 3. The van der Waals surface area contributed by atoms with Crippen LogP contribution in [0.3, 0.4) is 0 Å². The normalized spacial score (nSPS) is 11.0. The van der Waals surface area contributed by atoms with E-state index >= 15 is 0 Å². The summed E-state index contributed by atoms with van der Waals surface area (Å²) in [7, 11) is 0. The lowest BCUT2D eigenvalue weighted by atomic mass is 10.2. The molecule has 5 nitrogen and oxygen atoms in total. The highest BCUT2D eigenvalue weighted by molar-refractivity contribution is 8.01. The standard InChI is InChI=1S/C18H22N4OS3/c1-4-19-17-20-21-18(26-17)25-11-16(23)15-10-12(2)22(13(15)3)8-7-14-6-5-9-24-14/h5-6,9-10H,4,7-8,11H2,1-3H3,(H,19,20). The minimum atomic E-state index is 0.144. The molecule has 0 radical (unpaired) electrons. The van der Waals surface area contributed by atoms with Gasteiger partial charge in [0.1, 0.15) is 0 Å². The van der Waals surface area contributed by atoms with Crippen LogP contribution in [0.25, 0.3) is 0 Å². The summed E-state index contributed by atoms with van der Waals surface area (Å²) in [5.74, 6) is 0.529. The highest BCUT2D eigenvalue weighted by atomic mass is 32.2. The minimum Gasteiger partial charge on any atom is -0.360 e. The van der Waals surface area contributed by atoms with Crippen LogP contribution in [0, 0.1) is 13.8 Å². The van der Waals surface area contributed by atoms with Gasteiger partial charge >= 0.3 is 0 Å². The quantitative estimate of drug-likeness (QED) is 0.413. The van der Waals surface area contributed by atoms with Crippen LogP contribution in [-0.4, -0.2) is 32.8 Å². The SMILES string of the molecule is CCNc1nnc(SCC(=O)c2cc(C)n(CCc3cccs3)c2C)s1. The largest absolute Gasteiger partial charge is 0.360 e. The first-order chi connectivity index (χ1) is 12.6. The molecule has 3 heterocycles. The Morgan fingerprint density at radius 1 is 1.35 bits per heavy atom. The Balaban J connectivity index is 1.62. The molecule has 0 aromatic carbocycles. The Kier molecular flexibility index (Phi) is 6.50. The van der Waals surface area contributed by atoms with E-state index in [1.807, 2.05) is 19.9 Å². The third-order valence-electron chi connectivity index (χ3n) is 4.10. The Labute approximate surface area is 165 Å². The summed E-state index contributed by atoms with van der Waals surface area (Å²) in [4.78, 5) is 14.0. The summed E-state index contributed by atoms with van der Waals surface area (Å²) in [5.41, 5.74) is 3.01. The van der Waals surface area contributed by atoms with E-state index in [-0.39, 0.29) is 5.78 Å². The van der Waals surface area contributed by atoms with Crippen LogP contribution in [0.4, 0.5) is 5.13 Å². The molecule has 26 heavy (non-hydrogen) atoms. The molecule has 3 aromatic rings. The second kappa shape index (κ2) is 8.83. The van der Waals surface area contributed by atoms with Crippen molar-refractivity contribution in [1.82, 2.24) is 14.8 Å². The van der Waals surface area contributed by atoms with Gasteiger partial charge in [0.2, 0.25) is 5.13 Å². The van der Waals surface area contributed by atoms with Crippen LogP contribution >= 0.6 is 34.4 Å². The zero-order chi connectivity index (χ0) is 18.5. The molecule has 0 amide bonds. The molecule has 0 fully saturated rings. The van der Waals surface area contributed by atoms with Gasteiger partial charge in [-0.1, -0.05) is 29.2 Å². The van der Waals surface area contributed by atoms with Gasteiger partial charge in [0.15, 0.2) is 10.1 Å². The number of thioether (sulfide) groups is 1. The highest BCUT2D eigenvalue weighted by Gasteiger charge is 2.17. The van der Waals surface area contributed by atoms with Crippen molar-refractivity contribution >= 4 is 45.4 Å². The number of rotatable bonds is 9. The summed E-state index contributed by atoms with van der Waals surface area (Å²) >= 11 is 4.72. The molecule has 0 unspecified atom stereocenters. The van der Waals surface area contributed by atoms with E-state index in [2.05, 4.69) is 44.5 Å². The number of Topliss-reactive ketones (excluding diaryl/α,β-unsaturated/α-hetero) is 1. The average Bonchev–Trinajstić information content (AvgIpc) is 3.34. The zero-order valence-corrected chi connectivity index (χ0v) is 17.6. The number of hydrogen-bond acceptors (Lipinski definition) is 7. The molecule has 0 aliphatic carbocycles. The third-order valence-corrected chi connectivity index (χ3v) is 7.05. The molecule has 3 rings (SSSR count). The highest BCUT2D eigenvalue weighted by Crippen LogP contribution is 2.27. The van der Waals surface area contributed by atoms with E-state index < -0.39 is 0 Å². The van der Waals surface area contributed by atoms with Crippen LogP contribution < -0.4 is 5.32 Å². The smallest absolute Gasteiger partial charge is 0.206 e. The van der Waals surface area contributed by atoms with E-state index in [0.717, 1.165) is 45.9 Å². The number of nitrogens with one attached hydrogen (secondary N) is 1. The molecule has 0 saturated heterocycles. The Morgan fingerprint density at radius 3 is 2.92 bits per heavy atom. The molecule has 0 atom stereocenters. The lowest BCUT2D eigenvalue weighted by Gasteiger charge is -2.09. The summed E-state index contributed by atoms with van der Waals surface area (Å²) in [6.45, 7) is 7.84. The van der Waals surface area contributed by atoms with Gasteiger partial charge in [0.25, 0.3) is 0 Å². The maximum Gasteiger partial charge on any atom is 0.206 e. The maximum atomic E-state index is 12.7. The van der Waals surface area contributed by atoms with Crippen LogP contribution in [0.5, 0.6) is 0 Å². The number of thiophene rings is 1. The minimum absolute atomic E-state index is 0.144. The van der Waals surface area contributed by atoms with Gasteiger partial charge in [-0.2, -0.15) is 0 Å². The molecule has 0 aliphatic rings. The van der Waals surface area contributed by atoms with Crippen LogP contribution in [-0.2, 0) is 13.0 Å². The lowest BCUT2D eigenvalue weighted by molar-refractivity contribution is 0.102. The van der Waals surface area contributed by atoms with Gasteiger partial charge in [0.05, 0.1) is 5.75 Å². The van der Waals surface area contributed by atoms with Gasteiger partial charge in [-0.05, 0) is 44.7 Å². The van der Waals surface area contributed by atoms with E-state index in [1.54, 1.807) is 11.3 Å². The van der Waals surface area contributed by atoms with E-state index in [4.69, 9.17) is 0 Å². The molecule has 0 spiro atoms. The molecular formula is C18H22N4OS3. The number of carbonyl (C=O) groups excluding carboxylic acids is 1. The lowest BCUT2D eigenvalue weighted by Crippen LogP contribution is -2.08. The first-order valence-corrected chi connectivity index (χ1v) is 11.2. The van der Waals surface area contributed by atoms with Crippen LogP contribution in [0.2, 0.25) is 0 Å². The average molecular weight is 407 g/mol. The number of carbonyl (C=O) groups is 1. The van der Waals surface area contributed by atoms with Crippen molar-refractivity contribution in [1.29, 1.82) is 0 Å². The molecule has 0 saturated carbocycles. The fourth-order valence-electron chi connectivity index (χ4n) is 2.80. The van der Waals surface area contributed by atoms with Gasteiger partial charge in [-0.15, -0.1) is 21.5 Å². The van der Waals surface area contributed by atoms with Crippen molar-refractivity contribution in [2.24, 2.45) is 0 Å². The van der Waals surface area contributed by atoms with Crippen molar-refractivity contribution in [2.45, 2.75) is 38.1 Å². The summed E-state index contributed by atoms with van der Waals surface area (Å²) < 4.78 is 3.06. The molecule has 8 heteroatoms. The van der Waals surface area contributed by atoms with E-state index in [1.165, 1.54) is 28.0 Å². The predicted molar refractivity (Wildman–Crippen MR) is 111 cm³/mol. The number of aryl methyl sites for hydroxylation is 2. The monoisotopic (exact) mass is 406 g/mol. The van der Waals surface area contributed by atoms with Crippen molar-refractivity contribution < 1.29 is 4.79 Å². The maximum absolute atomic E-state index is 12.7. The number of hydrogen-bond donors (Lipinski definition) is 1. The van der Waals surface area contributed by atoms with Crippen LogP contribution in [0.1, 0.15) is 33.5 Å². The molecule has 138 valence electrons. The Hall–Kier alpha value is -1.64. The number of anilines is 1. The molecule has 3 aromatic heterocycles.